The van der Waals surface area contributed by atoms with Crippen molar-refractivity contribution in [1.29, 1.82) is 0 Å². The Morgan fingerprint density at radius 1 is 1.31 bits per heavy atom. The number of rotatable bonds is 4. The lowest BCUT2D eigenvalue weighted by atomic mass is 10.1. The van der Waals surface area contributed by atoms with E-state index in [0.717, 1.165) is 0 Å². The SMILES string of the molecule is CC(C)(O)CNC(=O)C1C(C(=O)O)C1(C)C. The zero-order valence-corrected chi connectivity index (χ0v) is 10.1. The zero-order chi connectivity index (χ0) is 12.7. The van der Waals surface area contributed by atoms with Crippen molar-refractivity contribution >= 4 is 11.9 Å². The molecule has 0 aromatic heterocycles. The van der Waals surface area contributed by atoms with Crippen molar-refractivity contribution in [2.45, 2.75) is 33.3 Å². The summed E-state index contributed by atoms with van der Waals surface area (Å²) in [5.74, 6) is -2.34. The Labute approximate surface area is 94.8 Å². The van der Waals surface area contributed by atoms with Crippen molar-refractivity contribution in [2.75, 3.05) is 6.54 Å². The standard InChI is InChI=1S/C11H19NO4/c1-10(2,16)5-12-8(13)6-7(9(14)15)11(6,3)4/h6-7,16H,5H2,1-4H3,(H,12,13)(H,14,15). The molecule has 0 spiro atoms. The van der Waals surface area contributed by atoms with Gasteiger partial charge in [-0.25, -0.2) is 0 Å². The van der Waals surface area contributed by atoms with Crippen LogP contribution >= 0.6 is 0 Å². The number of carboxylic acid groups (broad SMARTS) is 1. The van der Waals surface area contributed by atoms with Gasteiger partial charge in [0, 0.05) is 6.54 Å². The Balaban J connectivity index is 2.55. The lowest BCUT2D eigenvalue weighted by Gasteiger charge is -2.17. The van der Waals surface area contributed by atoms with Crippen molar-refractivity contribution < 1.29 is 19.8 Å². The molecule has 1 aliphatic rings. The normalized spacial score (nSPS) is 27.3. The van der Waals surface area contributed by atoms with Crippen molar-refractivity contribution in [1.82, 2.24) is 5.32 Å². The predicted octanol–water partition coefficient (Wildman–Crippen LogP) is 0.230. The largest absolute Gasteiger partial charge is 0.481 e. The number of amides is 1. The number of carbonyl (C=O) groups is 2. The highest BCUT2D eigenvalue weighted by Crippen LogP contribution is 2.58. The highest BCUT2D eigenvalue weighted by molar-refractivity contribution is 5.91. The van der Waals surface area contributed by atoms with Crippen molar-refractivity contribution in [3.63, 3.8) is 0 Å². The average Bonchev–Trinajstić information content (AvgIpc) is 2.63. The first-order valence-corrected chi connectivity index (χ1v) is 5.30. The fourth-order valence-corrected chi connectivity index (χ4v) is 2.00. The number of carbonyl (C=O) groups excluding carboxylic acids is 1. The molecule has 0 bridgehead atoms. The van der Waals surface area contributed by atoms with Crippen LogP contribution in [-0.4, -0.2) is 34.2 Å². The van der Waals surface area contributed by atoms with Gasteiger partial charge in [0.15, 0.2) is 0 Å². The molecule has 1 amide bonds. The molecule has 0 aliphatic heterocycles. The Hall–Kier alpha value is -1.10. The monoisotopic (exact) mass is 229 g/mol. The lowest BCUT2D eigenvalue weighted by Crippen LogP contribution is -2.39. The van der Waals surface area contributed by atoms with Crippen LogP contribution in [-0.2, 0) is 9.59 Å². The number of hydrogen-bond donors (Lipinski definition) is 3. The van der Waals surface area contributed by atoms with Crippen LogP contribution in [0.25, 0.3) is 0 Å². The first kappa shape index (κ1) is 13.0. The molecule has 16 heavy (non-hydrogen) atoms. The second-order valence-electron chi connectivity index (χ2n) is 5.65. The highest BCUT2D eigenvalue weighted by atomic mass is 16.4. The summed E-state index contributed by atoms with van der Waals surface area (Å²) in [7, 11) is 0. The molecule has 0 radical (unpaired) electrons. The fourth-order valence-electron chi connectivity index (χ4n) is 2.00. The highest BCUT2D eigenvalue weighted by Gasteiger charge is 2.65. The number of aliphatic carboxylic acids is 1. The van der Waals surface area contributed by atoms with Gasteiger partial charge in [-0.05, 0) is 19.3 Å². The molecule has 1 fully saturated rings. The van der Waals surface area contributed by atoms with Crippen LogP contribution in [0.4, 0.5) is 0 Å². The molecule has 5 nitrogen and oxygen atoms in total. The van der Waals surface area contributed by atoms with Gasteiger partial charge < -0.3 is 15.5 Å². The van der Waals surface area contributed by atoms with E-state index in [1.165, 1.54) is 0 Å². The molecule has 0 saturated heterocycles. The van der Waals surface area contributed by atoms with Crippen molar-refractivity contribution in [3.05, 3.63) is 0 Å². The van der Waals surface area contributed by atoms with E-state index < -0.39 is 28.8 Å². The maximum atomic E-state index is 11.7. The Morgan fingerprint density at radius 3 is 2.12 bits per heavy atom. The summed E-state index contributed by atoms with van der Waals surface area (Å²) in [6.07, 6.45) is 0. The Bertz CT molecular complexity index is 316. The summed E-state index contributed by atoms with van der Waals surface area (Å²) < 4.78 is 0. The quantitative estimate of drug-likeness (QED) is 0.644. The minimum Gasteiger partial charge on any atom is -0.481 e. The van der Waals surface area contributed by atoms with Gasteiger partial charge in [0.2, 0.25) is 5.91 Å². The predicted molar refractivity (Wildman–Crippen MR) is 57.7 cm³/mol. The number of hydrogen-bond acceptors (Lipinski definition) is 3. The van der Waals surface area contributed by atoms with E-state index >= 15 is 0 Å². The topological polar surface area (TPSA) is 86.6 Å². The number of nitrogens with one attached hydrogen (secondary N) is 1. The van der Waals surface area contributed by atoms with Crippen LogP contribution in [0.1, 0.15) is 27.7 Å². The van der Waals surface area contributed by atoms with Crippen LogP contribution < -0.4 is 5.32 Å². The van der Waals surface area contributed by atoms with E-state index in [2.05, 4.69) is 5.32 Å². The Kier molecular flexibility index (Phi) is 3.02. The molecule has 1 saturated carbocycles. The first-order chi connectivity index (χ1) is 7.07. The molecular formula is C11H19NO4. The van der Waals surface area contributed by atoms with Crippen LogP contribution in [0.5, 0.6) is 0 Å². The minimum absolute atomic E-state index is 0.130. The molecule has 1 rings (SSSR count). The van der Waals surface area contributed by atoms with Crippen molar-refractivity contribution in [2.24, 2.45) is 17.3 Å². The molecule has 1 aliphatic carbocycles. The van der Waals surface area contributed by atoms with Gasteiger partial charge in [0.25, 0.3) is 0 Å². The summed E-state index contributed by atoms with van der Waals surface area (Å²) in [5, 5.41) is 20.9. The third-order valence-electron chi connectivity index (χ3n) is 3.07. The summed E-state index contributed by atoms with van der Waals surface area (Å²) in [6.45, 7) is 6.82. The Morgan fingerprint density at radius 2 is 1.81 bits per heavy atom. The number of carboxylic acids is 1. The molecule has 0 heterocycles. The van der Waals surface area contributed by atoms with Gasteiger partial charge in [-0.15, -0.1) is 0 Å². The summed E-state index contributed by atoms with van der Waals surface area (Å²) in [5.41, 5.74) is -1.47. The summed E-state index contributed by atoms with van der Waals surface area (Å²) in [6, 6.07) is 0. The van der Waals surface area contributed by atoms with Gasteiger partial charge in [0.05, 0.1) is 17.4 Å². The second-order valence-corrected chi connectivity index (χ2v) is 5.65. The molecular weight excluding hydrogens is 210 g/mol. The molecule has 0 aromatic rings. The smallest absolute Gasteiger partial charge is 0.307 e. The zero-order valence-electron chi connectivity index (χ0n) is 10.1. The molecule has 92 valence electrons. The van der Waals surface area contributed by atoms with E-state index in [9.17, 15) is 14.7 Å². The van der Waals surface area contributed by atoms with Crippen molar-refractivity contribution in [3.8, 4) is 0 Å². The molecule has 3 N–H and O–H groups in total. The first-order valence-electron chi connectivity index (χ1n) is 5.30. The summed E-state index contributed by atoms with van der Waals surface area (Å²) >= 11 is 0. The second kappa shape index (κ2) is 3.73. The minimum atomic E-state index is -0.979. The molecule has 2 atom stereocenters. The molecule has 5 heteroatoms. The van der Waals surface area contributed by atoms with E-state index in [4.69, 9.17) is 5.11 Å². The van der Waals surface area contributed by atoms with Gasteiger partial charge in [-0.2, -0.15) is 0 Å². The molecule has 0 aromatic carbocycles. The maximum Gasteiger partial charge on any atom is 0.307 e. The molecule has 2 unspecified atom stereocenters. The lowest BCUT2D eigenvalue weighted by molar-refractivity contribution is -0.140. The van der Waals surface area contributed by atoms with Gasteiger partial charge in [-0.1, -0.05) is 13.8 Å². The van der Waals surface area contributed by atoms with Gasteiger partial charge >= 0.3 is 5.97 Å². The third-order valence-corrected chi connectivity index (χ3v) is 3.07. The van der Waals surface area contributed by atoms with E-state index in [0.29, 0.717) is 0 Å². The van der Waals surface area contributed by atoms with Gasteiger partial charge in [-0.3, -0.25) is 9.59 Å². The van der Waals surface area contributed by atoms with E-state index in [1.54, 1.807) is 27.7 Å². The fraction of sp³-hybridized carbons (Fsp3) is 0.818. The van der Waals surface area contributed by atoms with Crippen LogP contribution in [0.15, 0.2) is 0 Å². The van der Waals surface area contributed by atoms with Crippen LogP contribution in [0, 0.1) is 17.3 Å². The van der Waals surface area contributed by atoms with E-state index in [1.807, 2.05) is 0 Å². The van der Waals surface area contributed by atoms with Crippen LogP contribution in [0.3, 0.4) is 0 Å². The average molecular weight is 229 g/mol. The summed E-state index contributed by atoms with van der Waals surface area (Å²) in [4.78, 5) is 22.6. The van der Waals surface area contributed by atoms with E-state index in [-0.39, 0.29) is 12.5 Å². The van der Waals surface area contributed by atoms with Crippen LogP contribution in [0.2, 0.25) is 0 Å². The maximum absolute atomic E-state index is 11.7. The third kappa shape index (κ3) is 2.52. The van der Waals surface area contributed by atoms with Gasteiger partial charge in [0.1, 0.15) is 0 Å². The number of aliphatic hydroxyl groups is 1.